The minimum absolute atomic E-state index is 0.158. The fourth-order valence-electron chi connectivity index (χ4n) is 2.99. The fraction of sp³-hybridized carbons (Fsp3) is 0.714. The van der Waals surface area contributed by atoms with Crippen LogP contribution in [0.2, 0.25) is 0 Å². The highest BCUT2D eigenvalue weighted by Crippen LogP contribution is 2.31. The lowest BCUT2D eigenvalue weighted by molar-refractivity contribution is 0.216. The van der Waals surface area contributed by atoms with Crippen LogP contribution in [0.3, 0.4) is 0 Å². The Hall–Kier alpha value is -1.52. The number of aromatic nitrogens is 2. The summed E-state index contributed by atoms with van der Waals surface area (Å²) in [5, 5.41) is 10.1. The van der Waals surface area contributed by atoms with E-state index >= 15 is 0 Å². The molecular weight excluding hydrogens is 244 g/mol. The van der Waals surface area contributed by atoms with E-state index in [9.17, 15) is 14.7 Å². The van der Waals surface area contributed by atoms with Crippen molar-refractivity contribution < 1.29 is 5.11 Å². The SMILES string of the molecule is CCc1c(O)n(CC2CCCCC2C)c(=O)[nH]c1=O. The van der Waals surface area contributed by atoms with Gasteiger partial charge in [0, 0.05) is 6.54 Å². The molecule has 1 aliphatic rings. The molecule has 106 valence electrons. The highest BCUT2D eigenvalue weighted by molar-refractivity contribution is 5.22. The Morgan fingerprint density at radius 1 is 1.32 bits per heavy atom. The molecule has 1 heterocycles. The highest BCUT2D eigenvalue weighted by atomic mass is 16.3. The molecule has 2 atom stereocenters. The normalized spacial score (nSPS) is 23.5. The van der Waals surface area contributed by atoms with Crippen molar-refractivity contribution in [3.05, 3.63) is 26.4 Å². The third-order valence-electron chi connectivity index (χ3n) is 4.33. The molecule has 2 unspecified atom stereocenters. The van der Waals surface area contributed by atoms with E-state index in [1.165, 1.54) is 23.8 Å². The van der Waals surface area contributed by atoms with Gasteiger partial charge in [-0.15, -0.1) is 0 Å². The molecule has 0 spiro atoms. The Morgan fingerprint density at radius 3 is 2.63 bits per heavy atom. The third kappa shape index (κ3) is 2.74. The van der Waals surface area contributed by atoms with Gasteiger partial charge in [-0.2, -0.15) is 0 Å². The summed E-state index contributed by atoms with van der Waals surface area (Å²) < 4.78 is 1.33. The van der Waals surface area contributed by atoms with Crippen molar-refractivity contribution >= 4 is 0 Å². The van der Waals surface area contributed by atoms with Gasteiger partial charge < -0.3 is 5.11 Å². The van der Waals surface area contributed by atoms with Gasteiger partial charge in [0.1, 0.15) is 0 Å². The summed E-state index contributed by atoms with van der Waals surface area (Å²) in [6, 6.07) is 0. The zero-order chi connectivity index (χ0) is 14.0. The highest BCUT2D eigenvalue weighted by Gasteiger charge is 2.24. The molecule has 0 aromatic carbocycles. The lowest BCUT2D eigenvalue weighted by atomic mass is 9.80. The number of nitrogens with zero attached hydrogens (tertiary/aromatic N) is 1. The first kappa shape index (κ1) is 13.9. The van der Waals surface area contributed by atoms with Crippen molar-refractivity contribution in [2.24, 2.45) is 11.8 Å². The Balaban J connectivity index is 2.34. The largest absolute Gasteiger partial charge is 0.494 e. The summed E-state index contributed by atoms with van der Waals surface area (Å²) in [7, 11) is 0. The molecule has 1 saturated carbocycles. The van der Waals surface area contributed by atoms with Crippen molar-refractivity contribution in [2.45, 2.75) is 52.5 Å². The summed E-state index contributed by atoms with van der Waals surface area (Å²) in [5.74, 6) is 0.791. The van der Waals surface area contributed by atoms with Crippen LogP contribution in [0.25, 0.3) is 0 Å². The first-order valence-electron chi connectivity index (χ1n) is 7.09. The van der Waals surface area contributed by atoms with Gasteiger partial charge in [-0.1, -0.05) is 33.1 Å². The van der Waals surface area contributed by atoms with Gasteiger partial charge in [0.2, 0.25) is 5.88 Å². The third-order valence-corrected chi connectivity index (χ3v) is 4.33. The Kier molecular flexibility index (Phi) is 4.12. The zero-order valence-electron chi connectivity index (χ0n) is 11.6. The minimum Gasteiger partial charge on any atom is -0.494 e. The Labute approximate surface area is 112 Å². The van der Waals surface area contributed by atoms with Gasteiger partial charge in [0.05, 0.1) is 5.56 Å². The zero-order valence-corrected chi connectivity index (χ0v) is 11.6. The molecule has 1 aromatic rings. The Morgan fingerprint density at radius 2 is 2.00 bits per heavy atom. The van der Waals surface area contributed by atoms with E-state index in [2.05, 4.69) is 11.9 Å². The lowest BCUT2D eigenvalue weighted by Gasteiger charge is -2.29. The van der Waals surface area contributed by atoms with Crippen LogP contribution in [0.1, 0.15) is 45.1 Å². The van der Waals surface area contributed by atoms with Crippen molar-refractivity contribution in [2.75, 3.05) is 0 Å². The maximum absolute atomic E-state index is 11.9. The average Bonchev–Trinajstić information content (AvgIpc) is 2.36. The number of hydrogen-bond donors (Lipinski definition) is 2. The molecule has 1 aromatic heterocycles. The Bertz CT molecular complexity index is 559. The van der Waals surface area contributed by atoms with Crippen molar-refractivity contribution in [1.82, 2.24) is 9.55 Å². The van der Waals surface area contributed by atoms with Gasteiger partial charge in [-0.3, -0.25) is 14.3 Å². The van der Waals surface area contributed by atoms with E-state index in [-0.39, 0.29) is 5.88 Å². The standard InChI is InChI=1S/C14H22N2O3/c1-3-11-12(17)15-14(19)16(13(11)18)8-10-7-5-4-6-9(10)2/h9-10,18H,3-8H2,1-2H3,(H,15,17,19). The maximum atomic E-state index is 11.9. The second-order valence-electron chi connectivity index (χ2n) is 5.55. The van der Waals surface area contributed by atoms with Crippen LogP contribution in [0.15, 0.2) is 9.59 Å². The smallest absolute Gasteiger partial charge is 0.331 e. The summed E-state index contributed by atoms with van der Waals surface area (Å²) in [4.78, 5) is 25.7. The van der Waals surface area contributed by atoms with E-state index in [1.54, 1.807) is 6.92 Å². The van der Waals surface area contributed by atoms with Crippen LogP contribution in [0, 0.1) is 11.8 Å². The first-order chi connectivity index (χ1) is 9.04. The van der Waals surface area contributed by atoms with Crippen LogP contribution in [-0.2, 0) is 13.0 Å². The van der Waals surface area contributed by atoms with E-state index in [0.717, 1.165) is 6.42 Å². The minimum atomic E-state index is -0.502. The molecule has 0 bridgehead atoms. The molecular formula is C14H22N2O3. The number of H-pyrrole nitrogens is 1. The summed E-state index contributed by atoms with van der Waals surface area (Å²) in [5.41, 5.74) is -0.682. The predicted octanol–water partition coefficient (Wildman–Crippen LogP) is 1.63. The maximum Gasteiger partial charge on any atom is 0.331 e. The van der Waals surface area contributed by atoms with E-state index < -0.39 is 11.2 Å². The topological polar surface area (TPSA) is 75.1 Å². The van der Waals surface area contributed by atoms with E-state index in [4.69, 9.17) is 0 Å². The molecule has 0 aliphatic heterocycles. The molecule has 0 radical (unpaired) electrons. The van der Waals surface area contributed by atoms with Gasteiger partial charge in [0.15, 0.2) is 0 Å². The van der Waals surface area contributed by atoms with Crippen molar-refractivity contribution in [3.63, 3.8) is 0 Å². The molecule has 1 fully saturated rings. The molecule has 1 aliphatic carbocycles. The quantitative estimate of drug-likeness (QED) is 0.873. The molecule has 5 nitrogen and oxygen atoms in total. The lowest BCUT2D eigenvalue weighted by Crippen LogP contribution is -2.35. The number of hydrogen-bond acceptors (Lipinski definition) is 3. The molecule has 0 saturated heterocycles. The number of aromatic hydroxyl groups is 1. The second kappa shape index (κ2) is 5.63. The first-order valence-corrected chi connectivity index (χ1v) is 7.09. The van der Waals surface area contributed by atoms with Gasteiger partial charge in [-0.05, 0) is 24.7 Å². The molecule has 2 rings (SSSR count). The van der Waals surface area contributed by atoms with Crippen LogP contribution in [0.4, 0.5) is 0 Å². The van der Waals surface area contributed by atoms with Gasteiger partial charge in [0.25, 0.3) is 5.56 Å². The number of rotatable bonds is 3. The van der Waals surface area contributed by atoms with Crippen molar-refractivity contribution in [3.8, 4) is 5.88 Å². The van der Waals surface area contributed by atoms with Crippen LogP contribution >= 0.6 is 0 Å². The average molecular weight is 266 g/mol. The van der Waals surface area contributed by atoms with E-state index in [0.29, 0.717) is 30.4 Å². The second-order valence-corrected chi connectivity index (χ2v) is 5.55. The van der Waals surface area contributed by atoms with Gasteiger partial charge in [-0.25, -0.2) is 4.79 Å². The van der Waals surface area contributed by atoms with Crippen LogP contribution < -0.4 is 11.2 Å². The number of aromatic amines is 1. The van der Waals surface area contributed by atoms with Crippen LogP contribution in [0.5, 0.6) is 5.88 Å². The van der Waals surface area contributed by atoms with Crippen LogP contribution in [-0.4, -0.2) is 14.7 Å². The molecule has 5 heteroatoms. The molecule has 0 amide bonds. The summed E-state index contributed by atoms with van der Waals surface area (Å²) in [6.07, 6.45) is 5.08. The summed E-state index contributed by atoms with van der Waals surface area (Å²) in [6.45, 7) is 4.48. The van der Waals surface area contributed by atoms with Crippen molar-refractivity contribution in [1.29, 1.82) is 0 Å². The predicted molar refractivity (Wildman–Crippen MR) is 73.5 cm³/mol. The fourth-order valence-corrected chi connectivity index (χ4v) is 2.99. The molecule has 19 heavy (non-hydrogen) atoms. The molecule has 2 N–H and O–H groups in total. The summed E-state index contributed by atoms with van der Waals surface area (Å²) >= 11 is 0. The monoisotopic (exact) mass is 266 g/mol. The number of nitrogens with one attached hydrogen (secondary N) is 1. The van der Waals surface area contributed by atoms with E-state index in [1.807, 2.05) is 0 Å². The van der Waals surface area contributed by atoms with Gasteiger partial charge >= 0.3 is 5.69 Å².